The van der Waals surface area contributed by atoms with E-state index in [9.17, 15) is 4.79 Å². The molecule has 2 aromatic rings. The van der Waals surface area contributed by atoms with E-state index in [-0.39, 0.29) is 11.9 Å². The Morgan fingerprint density at radius 1 is 1.23 bits per heavy atom. The van der Waals surface area contributed by atoms with Crippen LogP contribution in [0.2, 0.25) is 0 Å². The van der Waals surface area contributed by atoms with Gasteiger partial charge in [0.25, 0.3) is 5.91 Å². The van der Waals surface area contributed by atoms with Crippen molar-refractivity contribution >= 4 is 17.7 Å². The van der Waals surface area contributed by atoms with Crippen LogP contribution in [0.3, 0.4) is 0 Å². The first-order valence-corrected chi connectivity index (χ1v) is 8.52. The van der Waals surface area contributed by atoms with Gasteiger partial charge in [-0.25, -0.2) is 0 Å². The molecule has 2 aromatic carbocycles. The van der Waals surface area contributed by atoms with Crippen molar-refractivity contribution in [2.75, 3.05) is 12.4 Å². The minimum Gasteiger partial charge on any atom is -0.493 e. The predicted octanol–water partition coefficient (Wildman–Crippen LogP) is 4.05. The van der Waals surface area contributed by atoms with Crippen LogP contribution >= 0.6 is 11.8 Å². The van der Waals surface area contributed by atoms with Gasteiger partial charge >= 0.3 is 0 Å². The predicted molar refractivity (Wildman–Crippen MR) is 89.6 cm³/mol. The van der Waals surface area contributed by atoms with E-state index in [2.05, 4.69) is 17.4 Å². The number of carbonyl (C=O) groups excluding carboxylic acids is 1. The van der Waals surface area contributed by atoms with Crippen LogP contribution < -0.4 is 10.1 Å². The topological polar surface area (TPSA) is 38.3 Å². The molecule has 3 nitrogen and oxygen atoms in total. The SMILES string of the molecule is CCOc1ccccc1C(=O)NC1CCSc2ccccc21. The van der Waals surface area contributed by atoms with Gasteiger partial charge in [0.05, 0.1) is 18.2 Å². The van der Waals surface area contributed by atoms with Crippen LogP contribution in [0, 0.1) is 0 Å². The highest BCUT2D eigenvalue weighted by Gasteiger charge is 2.23. The molecule has 1 unspecified atom stereocenters. The van der Waals surface area contributed by atoms with Gasteiger partial charge in [-0.05, 0) is 37.1 Å². The van der Waals surface area contributed by atoms with Crippen molar-refractivity contribution in [2.24, 2.45) is 0 Å². The maximum absolute atomic E-state index is 12.6. The number of thioether (sulfide) groups is 1. The zero-order valence-electron chi connectivity index (χ0n) is 12.5. The number of nitrogens with one attached hydrogen (secondary N) is 1. The standard InChI is InChI=1S/C18H19NO2S/c1-2-21-16-9-5-3-8-14(16)18(20)19-15-11-12-22-17-10-6-4-7-13(15)17/h3-10,15H,2,11-12H2,1H3,(H,19,20). The normalized spacial score (nSPS) is 16.7. The summed E-state index contributed by atoms with van der Waals surface area (Å²) in [6, 6.07) is 15.7. The molecular formula is C18H19NO2S. The highest BCUT2D eigenvalue weighted by atomic mass is 32.2. The van der Waals surface area contributed by atoms with Crippen molar-refractivity contribution in [3.8, 4) is 5.75 Å². The molecule has 0 aliphatic carbocycles. The van der Waals surface area contributed by atoms with E-state index < -0.39 is 0 Å². The van der Waals surface area contributed by atoms with Crippen molar-refractivity contribution in [2.45, 2.75) is 24.3 Å². The third kappa shape index (κ3) is 3.12. The van der Waals surface area contributed by atoms with E-state index in [1.54, 1.807) is 0 Å². The molecule has 0 fully saturated rings. The summed E-state index contributed by atoms with van der Waals surface area (Å²) in [4.78, 5) is 13.9. The molecule has 0 spiro atoms. The Labute approximate surface area is 135 Å². The molecule has 1 amide bonds. The highest BCUT2D eigenvalue weighted by molar-refractivity contribution is 7.99. The van der Waals surface area contributed by atoms with E-state index in [1.165, 1.54) is 10.5 Å². The molecule has 114 valence electrons. The summed E-state index contributed by atoms with van der Waals surface area (Å²) in [5.41, 5.74) is 1.81. The Hall–Kier alpha value is -1.94. The van der Waals surface area contributed by atoms with Gasteiger partial charge in [-0.3, -0.25) is 4.79 Å². The number of carbonyl (C=O) groups is 1. The number of hydrogen-bond donors (Lipinski definition) is 1. The summed E-state index contributed by atoms with van der Waals surface area (Å²) in [6.45, 7) is 2.47. The average Bonchev–Trinajstić information content (AvgIpc) is 2.56. The lowest BCUT2D eigenvalue weighted by atomic mass is 10.0. The molecule has 3 rings (SSSR count). The maximum atomic E-state index is 12.6. The minimum atomic E-state index is -0.0734. The second-order valence-electron chi connectivity index (χ2n) is 5.13. The molecule has 1 heterocycles. The van der Waals surface area contributed by atoms with Gasteiger partial charge in [0.2, 0.25) is 0 Å². The van der Waals surface area contributed by atoms with Crippen LogP contribution in [0.15, 0.2) is 53.4 Å². The molecule has 0 aromatic heterocycles. The van der Waals surface area contributed by atoms with Crippen molar-refractivity contribution in [3.63, 3.8) is 0 Å². The molecule has 0 radical (unpaired) electrons. The second-order valence-corrected chi connectivity index (χ2v) is 6.27. The summed E-state index contributed by atoms with van der Waals surface area (Å²) in [6.07, 6.45) is 0.949. The number of rotatable bonds is 4. The summed E-state index contributed by atoms with van der Waals surface area (Å²) in [5, 5.41) is 3.16. The minimum absolute atomic E-state index is 0.0691. The Bertz CT molecular complexity index is 672. The van der Waals surface area contributed by atoms with Crippen molar-refractivity contribution in [1.82, 2.24) is 5.32 Å². The van der Waals surface area contributed by atoms with Crippen molar-refractivity contribution in [3.05, 3.63) is 59.7 Å². The fraction of sp³-hybridized carbons (Fsp3) is 0.278. The lowest BCUT2D eigenvalue weighted by Crippen LogP contribution is -2.30. The molecule has 1 atom stereocenters. The number of hydrogen-bond acceptors (Lipinski definition) is 3. The molecule has 1 aliphatic heterocycles. The first kappa shape index (κ1) is 15.0. The zero-order valence-corrected chi connectivity index (χ0v) is 13.4. The highest BCUT2D eigenvalue weighted by Crippen LogP contribution is 2.36. The van der Waals surface area contributed by atoms with Crippen LogP contribution in [-0.4, -0.2) is 18.3 Å². The van der Waals surface area contributed by atoms with Crippen molar-refractivity contribution < 1.29 is 9.53 Å². The van der Waals surface area contributed by atoms with E-state index in [0.29, 0.717) is 17.9 Å². The molecule has 22 heavy (non-hydrogen) atoms. The Morgan fingerprint density at radius 2 is 2.00 bits per heavy atom. The third-order valence-electron chi connectivity index (χ3n) is 3.70. The van der Waals surface area contributed by atoms with Crippen LogP contribution in [0.4, 0.5) is 0 Å². The molecule has 0 saturated carbocycles. The molecule has 0 bridgehead atoms. The third-order valence-corrected chi connectivity index (χ3v) is 4.82. The van der Waals surface area contributed by atoms with Gasteiger partial charge < -0.3 is 10.1 Å². The first-order valence-electron chi connectivity index (χ1n) is 7.54. The number of ether oxygens (including phenoxy) is 1. The van der Waals surface area contributed by atoms with Gasteiger partial charge in [0.15, 0.2) is 0 Å². The second kappa shape index (κ2) is 6.88. The summed E-state index contributed by atoms with van der Waals surface area (Å²) >= 11 is 1.85. The van der Waals surface area contributed by atoms with E-state index in [0.717, 1.165) is 12.2 Å². The Balaban J connectivity index is 1.81. The van der Waals surface area contributed by atoms with Gasteiger partial charge in [-0.1, -0.05) is 30.3 Å². The number of para-hydroxylation sites is 1. The van der Waals surface area contributed by atoms with Gasteiger partial charge in [-0.15, -0.1) is 11.8 Å². The number of fused-ring (bicyclic) bond motifs is 1. The molecular weight excluding hydrogens is 294 g/mol. The smallest absolute Gasteiger partial charge is 0.255 e. The summed E-state index contributed by atoms with van der Waals surface area (Å²) in [5.74, 6) is 1.59. The summed E-state index contributed by atoms with van der Waals surface area (Å²) in [7, 11) is 0. The summed E-state index contributed by atoms with van der Waals surface area (Å²) < 4.78 is 5.55. The fourth-order valence-corrected chi connectivity index (χ4v) is 3.79. The van der Waals surface area contributed by atoms with Crippen LogP contribution in [-0.2, 0) is 0 Å². The lowest BCUT2D eigenvalue weighted by Gasteiger charge is -2.26. The van der Waals surface area contributed by atoms with Crippen LogP contribution in [0.5, 0.6) is 5.75 Å². The molecule has 4 heteroatoms. The first-order chi connectivity index (χ1) is 10.8. The van der Waals surface area contributed by atoms with Gasteiger partial charge in [0, 0.05) is 10.6 Å². The van der Waals surface area contributed by atoms with Crippen LogP contribution in [0.1, 0.15) is 35.3 Å². The van der Waals surface area contributed by atoms with E-state index in [1.807, 2.05) is 55.1 Å². The van der Waals surface area contributed by atoms with E-state index >= 15 is 0 Å². The monoisotopic (exact) mass is 313 g/mol. The zero-order chi connectivity index (χ0) is 15.4. The molecule has 1 N–H and O–H groups in total. The molecule has 0 saturated heterocycles. The largest absolute Gasteiger partial charge is 0.493 e. The quantitative estimate of drug-likeness (QED) is 0.925. The molecule has 1 aliphatic rings. The van der Waals surface area contributed by atoms with E-state index in [4.69, 9.17) is 4.74 Å². The fourth-order valence-electron chi connectivity index (χ4n) is 2.66. The van der Waals surface area contributed by atoms with Crippen molar-refractivity contribution in [1.29, 1.82) is 0 Å². The number of amides is 1. The Kier molecular flexibility index (Phi) is 4.68. The average molecular weight is 313 g/mol. The Morgan fingerprint density at radius 3 is 2.86 bits per heavy atom. The lowest BCUT2D eigenvalue weighted by molar-refractivity contribution is 0.0931. The van der Waals surface area contributed by atoms with Gasteiger partial charge in [-0.2, -0.15) is 0 Å². The number of benzene rings is 2. The maximum Gasteiger partial charge on any atom is 0.255 e. The van der Waals surface area contributed by atoms with Gasteiger partial charge in [0.1, 0.15) is 5.75 Å². The van der Waals surface area contributed by atoms with Crippen LogP contribution in [0.25, 0.3) is 0 Å².